The molecule has 27 heavy (non-hydrogen) atoms. The number of rotatable bonds is 4. The van der Waals surface area contributed by atoms with Crippen molar-refractivity contribution in [2.24, 2.45) is 0 Å². The van der Waals surface area contributed by atoms with E-state index in [1.807, 2.05) is 48.5 Å². The van der Waals surface area contributed by atoms with Crippen LogP contribution in [0.25, 0.3) is 0 Å². The summed E-state index contributed by atoms with van der Waals surface area (Å²) in [6, 6.07) is 15.6. The zero-order valence-electron chi connectivity index (χ0n) is 15.1. The Balaban J connectivity index is 1.45. The van der Waals surface area contributed by atoms with E-state index in [2.05, 4.69) is 10.4 Å². The fourth-order valence-corrected chi connectivity index (χ4v) is 3.35. The second-order valence-corrected chi connectivity index (χ2v) is 6.63. The molecule has 0 bridgehead atoms. The summed E-state index contributed by atoms with van der Waals surface area (Å²) in [5, 5.41) is 7.19. The minimum absolute atomic E-state index is 0.0383. The third-order valence-electron chi connectivity index (χ3n) is 4.70. The lowest BCUT2D eigenvalue weighted by Crippen LogP contribution is -2.25. The van der Waals surface area contributed by atoms with Gasteiger partial charge in [-0.05, 0) is 35.7 Å². The van der Waals surface area contributed by atoms with E-state index in [0.29, 0.717) is 18.7 Å². The van der Waals surface area contributed by atoms with Crippen LogP contribution in [0, 0.1) is 0 Å². The van der Waals surface area contributed by atoms with Crippen LogP contribution in [0.1, 0.15) is 28.4 Å². The summed E-state index contributed by atoms with van der Waals surface area (Å²) in [7, 11) is 0. The first-order valence-electron chi connectivity index (χ1n) is 8.89. The number of aromatic nitrogens is 2. The van der Waals surface area contributed by atoms with Crippen LogP contribution in [0.4, 0.5) is 11.4 Å². The molecule has 2 aromatic carbocycles. The van der Waals surface area contributed by atoms with Crippen LogP contribution in [-0.2, 0) is 17.8 Å². The highest BCUT2D eigenvalue weighted by Gasteiger charge is 2.22. The summed E-state index contributed by atoms with van der Waals surface area (Å²) < 4.78 is 1.75. The Labute approximate surface area is 157 Å². The van der Waals surface area contributed by atoms with Crippen LogP contribution in [0.15, 0.2) is 60.9 Å². The Bertz CT molecular complexity index is 994. The molecule has 136 valence electrons. The van der Waals surface area contributed by atoms with Crippen molar-refractivity contribution < 1.29 is 9.59 Å². The van der Waals surface area contributed by atoms with E-state index in [0.717, 1.165) is 28.9 Å². The molecule has 6 heteroatoms. The first-order valence-corrected chi connectivity index (χ1v) is 8.89. The Morgan fingerprint density at radius 2 is 1.96 bits per heavy atom. The van der Waals surface area contributed by atoms with E-state index < -0.39 is 0 Å². The highest BCUT2D eigenvalue weighted by atomic mass is 16.2. The van der Waals surface area contributed by atoms with Gasteiger partial charge in [-0.25, -0.2) is 0 Å². The second kappa shape index (κ2) is 7.07. The van der Waals surface area contributed by atoms with Gasteiger partial charge in [-0.15, -0.1) is 0 Å². The topological polar surface area (TPSA) is 67.2 Å². The molecule has 0 fully saturated rings. The van der Waals surface area contributed by atoms with E-state index in [1.54, 1.807) is 28.9 Å². The first kappa shape index (κ1) is 17.0. The number of carbonyl (C=O) groups excluding carboxylic acids is 2. The van der Waals surface area contributed by atoms with Crippen molar-refractivity contribution >= 4 is 23.2 Å². The van der Waals surface area contributed by atoms with Crippen molar-refractivity contribution in [3.05, 3.63) is 77.6 Å². The smallest absolute Gasteiger partial charge is 0.258 e. The molecule has 2 heterocycles. The van der Waals surface area contributed by atoms with E-state index in [-0.39, 0.29) is 11.8 Å². The van der Waals surface area contributed by atoms with E-state index in [4.69, 9.17) is 0 Å². The number of carbonyl (C=O) groups is 2. The summed E-state index contributed by atoms with van der Waals surface area (Å²) in [5.41, 5.74) is 4.36. The second-order valence-electron chi connectivity index (χ2n) is 6.63. The van der Waals surface area contributed by atoms with Crippen LogP contribution in [0.2, 0.25) is 0 Å². The lowest BCUT2D eigenvalue weighted by atomic mass is 10.1. The van der Waals surface area contributed by atoms with Gasteiger partial charge in [0.05, 0.1) is 18.3 Å². The average Bonchev–Trinajstić information content (AvgIpc) is 3.29. The third kappa shape index (κ3) is 3.60. The quantitative estimate of drug-likeness (QED) is 0.777. The summed E-state index contributed by atoms with van der Waals surface area (Å²) in [4.78, 5) is 25.9. The van der Waals surface area contributed by atoms with E-state index in [1.165, 1.54) is 0 Å². The molecule has 0 radical (unpaired) electrons. The predicted molar refractivity (Wildman–Crippen MR) is 104 cm³/mol. The van der Waals surface area contributed by atoms with Gasteiger partial charge in [-0.3, -0.25) is 14.3 Å². The molecular weight excluding hydrogens is 340 g/mol. The van der Waals surface area contributed by atoms with Crippen LogP contribution >= 0.6 is 0 Å². The zero-order valence-corrected chi connectivity index (χ0v) is 15.1. The lowest BCUT2D eigenvalue weighted by Gasteiger charge is -2.15. The average molecular weight is 360 g/mol. The SMILES string of the molecule is CC(=O)N1CCc2cc(NC(=O)c3cnn(Cc4ccccc4)c3)ccc21. The molecule has 0 saturated carbocycles. The molecule has 0 spiro atoms. The maximum atomic E-state index is 12.5. The fourth-order valence-electron chi connectivity index (χ4n) is 3.35. The first-order chi connectivity index (χ1) is 13.1. The highest BCUT2D eigenvalue weighted by molar-refractivity contribution is 6.04. The number of hydrogen-bond donors (Lipinski definition) is 1. The Hall–Kier alpha value is -3.41. The molecular formula is C21H20N4O2. The van der Waals surface area contributed by atoms with Crippen molar-refractivity contribution in [1.82, 2.24) is 9.78 Å². The monoisotopic (exact) mass is 360 g/mol. The number of fused-ring (bicyclic) bond motifs is 1. The molecule has 0 atom stereocenters. The predicted octanol–water partition coefficient (Wildman–Crippen LogP) is 3.09. The molecule has 0 aliphatic carbocycles. The van der Waals surface area contributed by atoms with Gasteiger partial charge in [-0.1, -0.05) is 30.3 Å². The normalized spacial score (nSPS) is 12.7. The van der Waals surface area contributed by atoms with E-state index in [9.17, 15) is 9.59 Å². The minimum Gasteiger partial charge on any atom is -0.322 e. The van der Waals surface area contributed by atoms with E-state index >= 15 is 0 Å². The lowest BCUT2D eigenvalue weighted by molar-refractivity contribution is -0.116. The zero-order chi connectivity index (χ0) is 18.8. The molecule has 1 N–H and O–H groups in total. The van der Waals surface area contributed by atoms with Crippen LogP contribution < -0.4 is 10.2 Å². The molecule has 1 aromatic heterocycles. The number of amides is 2. The molecule has 1 aliphatic rings. The maximum Gasteiger partial charge on any atom is 0.258 e. The fraction of sp³-hybridized carbons (Fsp3) is 0.190. The van der Waals surface area contributed by atoms with Gasteiger partial charge in [0.1, 0.15) is 0 Å². The van der Waals surface area contributed by atoms with Gasteiger partial charge in [0, 0.05) is 31.0 Å². The van der Waals surface area contributed by atoms with Gasteiger partial charge in [0.25, 0.3) is 5.91 Å². The summed E-state index contributed by atoms with van der Waals surface area (Å²) in [6.07, 6.45) is 4.12. The molecule has 0 saturated heterocycles. The number of hydrogen-bond acceptors (Lipinski definition) is 3. The third-order valence-corrected chi connectivity index (χ3v) is 4.70. The molecule has 4 rings (SSSR count). The largest absolute Gasteiger partial charge is 0.322 e. The number of benzene rings is 2. The Morgan fingerprint density at radius 1 is 1.15 bits per heavy atom. The standard InChI is InChI=1S/C21H20N4O2/c1-15(26)25-10-9-17-11-19(7-8-20(17)25)23-21(27)18-12-22-24(14-18)13-16-5-3-2-4-6-16/h2-8,11-12,14H,9-10,13H2,1H3,(H,23,27). The van der Waals surface area contributed by atoms with Crippen LogP contribution in [-0.4, -0.2) is 28.1 Å². The van der Waals surface area contributed by atoms with Crippen LogP contribution in [0.3, 0.4) is 0 Å². The summed E-state index contributed by atoms with van der Waals surface area (Å²) in [6.45, 7) is 2.88. The maximum absolute atomic E-state index is 12.5. The highest BCUT2D eigenvalue weighted by Crippen LogP contribution is 2.30. The molecule has 1 aliphatic heterocycles. The molecule has 6 nitrogen and oxygen atoms in total. The number of nitrogens with one attached hydrogen (secondary N) is 1. The van der Waals surface area contributed by atoms with Crippen LogP contribution in [0.5, 0.6) is 0 Å². The number of nitrogens with zero attached hydrogens (tertiary/aromatic N) is 3. The van der Waals surface area contributed by atoms with Crippen molar-refractivity contribution in [1.29, 1.82) is 0 Å². The van der Waals surface area contributed by atoms with Crippen molar-refractivity contribution in [3.8, 4) is 0 Å². The molecule has 2 amide bonds. The van der Waals surface area contributed by atoms with Crippen molar-refractivity contribution in [2.75, 3.05) is 16.8 Å². The van der Waals surface area contributed by atoms with Gasteiger partial charge in [-0.2, -0.15) is 5.10 Å². The Kier molecular flexibility index (Phi) is 4.46. The summed E-state index contributed by atoms with van der Waals surface area (Å²) >= 11 is 0. The van der Waals surface area contributed by atoms with Crippen molar-refractivity contribution in [2.45, 2.75) is 19.9 Å². The van der Waals surface area contributed by atoms with Gasteiger partial charge in [0.2, 0.25) is 5.91 Å². The molecule has 3 aromatic rings. The minimum atomic E-state index is -0.198. The number of anilines is 2. The van der Waals surface area contributed by atoms with Gasteiger partial charge >= 0.3 is 0 Å². The summed E-state index contributed by atoms with van der Waals surface area (Å²) in [5.74, 6) is -0.160. The Morgan fingerprint density at radius 3 is 2.74 bits per heavy atom. The van der Waals surface area contributed by atoms with Gasteiger partial charge in [0.15, 0.2) is 0 Å². The van der Waals surface area contributed by atoms with Gasteiger partial charge < -0.3 is 10.2 Å². The molecule has 0 unspecified atom stereocenters. The van der Waals surface area contributed by atoms with Crippen molar-refractivity contribution in [3.63, 3.8) is 0 Å².